The lowest BCUT2D eigenvalue weighted by molar-refractivity contribution is 0.164. The standard InChI is InChI=1S/C17H26N6O/c1-11(2)16-18-12(3)10-15(20-16)23-8-6-22(7-9-23)13(4)17-19-14(5)21-24-17/h10-11,13H,6-9H2,1-5H3. The Balaban J connectivity index is 1.67. The van der Waals surface area contributed by atoms with Crippen LogP contribution in [0.5, 0.6) is 0 Å². The van der Waals surface area contributed by atoms with Crippen LogP contribution in [0.2, 0.25) is 0 Å². The molecule has 0 saturated carbocycles. The molecule has 0 amide bonds. The Kier molecular flexibility index (Phi) is 4.80. The smallest absolute Gasteiger partial charge is 0.243 e. The number of anilines is 1. The van der Waals surface area contributed by atoms with Crippen molar-refractivity contribution in [2.24, 2.45) is 0 Å². The van der Waals surface area contributed by atoms with Crippen LogP contribution in [0.25, 0.3) is 0 Å². The van der Waals surface area contributed by atoms with Crippen molar-refractivity contribution in [2.45, 2.75) is 46.6 Å². The maximum absolute atomic E-state index is 5.31. The highest BCUT2D eigenvalue weighted by Crippen LogP contribution is 2.23. The van der Waals surface area contributed by atoms with Crippen molar-refractivity contribution in [3.05, 3.63) is 29.3 Å². The third-order valence-electron chi connectivity index (χ3n) is 4.46. The van der Waals surface area contributed by atoms with E-state index in [4.69, 9.17) is 9.51 Å². The van der Waals surface area contributed by atoms with Crippen LogP contribution in [0.3, 0.4) is 0 Å². The van der Waals surface area contributed by atoms with Crippen molar-refractivity contribution in [1.29, 1.82) is 0 Å². The van der Waals surface area contributed by atoms with Crippen LogP contribution in [0, 0.1) is 13.8 Å². The summed E-state index contributed by atoms with van der Waals surface area (Å²) in [6.07, 6.45) is 0. The highest BCUT2D eigenvalue weighted by Gasteiger charge is 2.26. The van der Waals surface area contributed by atoms with Gasteiger partial charge in [-0.3, -0.25) is 4.90 Å². The molecule has 130 valence electrons. The highest BCUT2D eigenvalue weighted by molar-refractivity contribution is 5.40. The molecule has 1 aliphatic heterocycles. The fourth-order valence-corrected chi connectivity index (χ4v) is 2.97. The second-order valence-electron chi connectivity index (χ2n) is 6.76. The maximum atomic E-state index is 5.31. The van der Waals surface area contributed by atoms with Crippen LogP contribution in [0.1, 0.15) is 56.0 Å². The van der Waals surface area contributed by atoms with Gasteiger partial charge in [0.25, 0.3) is 0 Å². The van der Waals surface area contributed by atoms with Crippen molar-refractivity contribution >= 4 is 5.82 Å². The molecule has 3 rings (SSSR count). The van der Waals surface area contributed by atoms with Gasteiger partial charge >= 0.3 is 0 Å². The van der Waals surface area contributed by atoms with Gasteiger partial charge in [0.05, 0.1) is 6.04 Å². The molecule has 0 aliphatic carbocycles. The summed E-state index contributed by atoms with van der Waals surface area (Å²) in [5, 5.41) is 3.89. The van der Waals surface area contributed by atoms with Crippen molar-refractivity contribution in [1.82, 2.24) is 25.0 Å². The fourth-order valence-electron chi connectivity index (χ4n) is 2.97. The molecule has 1 aliphatic rings. The molecule has 2 aromatic heterocycles. The van der Waals surface area contributed by atoms with Gasteiger partial charge in [0.15, 0.2) is 5.82 Å². The van der Waals surface area contributed by atoms with Gasteiger partial charge in [0, 0.05) is 43.9 Å². The number of aryl methyl sites for hydroxylation is 2. The lowest BCUT2D eigenvalue weighted by atomic mass is 10.2. The molecule has 1 unspecified atom stereocenters. The minimum absolute atomic E-state index is 0.145. The lowest BCUT2D eigenvalue weighted by Crippen LogP contribution is -2.47. The van der Waals surface area contributed by atoms with E-state index >= 15 is 0 Å². The summed E-state index contributed by atoms with van der Waals surface area (Å²) >= 11 is 0. The summed E-state index contributed by atoms with van der Waals surface area (Å²) in [6.45, 7) is 14.0. The second-order valence-corrected chi connectivity index (χ2v) is 6.76. The Bertz CT molecular complexity index is 690. The van der Waals surface area contributed by atoms with E-state index in [1.54, 1.807) is 0 Å². The molecular weight excluding hydrogens is 304 g/mol. The zero-order chi connectivity index (χ0) is 17.3. The zero-order valence-electron chi connectivity index (χ0n) is 15.2. The Hall–Kier alpha value is -2.02. The quantitative estimate of drug-likeness (QED) is 0.853. The largest absolute Gasteiger partial charge is 0.354 e. The average molecular weight is 330 g/mol. The number of piperazine rings is 1. The molecule has 1 saturated heterocycles. The molecule has 24 heavy (non-hydrogen) atoms. The number of hydrogen-bond donors (Lipinski definition) is 0. The SMILES string of the molecule is Cc1cc(N2CCN(C(C)c3nc(C)no3)CC2)nc(C(C)C)n1. The van der Waals surface area contributed by atoms with E-state index in [0.717, 1.165) is 43.5 Å². The van der Waals surface area contributed by atoms with Crippen LogP contribution in [0.4, 0.5) is 5.82 Å². The molecular formula is C17H26N6O. The van der Waals surface area contributed by atoms with E-state index in [2.05, 4.69) is 51.8 Å². The molecule has 7 nitrogen and oxygen atoms in total. The minimum atomic E-state index is 0.145. The summed E-state index contributed by atoms with van der Waals surface area (Å²) in [6, 6.07) is 2.22. The summed E-state index contributed by atoms with van der Waals surface area (Å²) < 4.78 is 5.31. The van der Waals surface area contributed by atoms with Gasteiger partial charge in [-0.1, -0.05) is 19.0 Å². The van der Waals surface area contributed by atoms with Crippen LogP contribution < -0.4 is 4.90 Å². The summed E-state index contributed by atoms with van der Waals surface area (Å²) in [4.78, 5) is 18.3. The summed E-state index contributed by atoms with van der Waals surface area (Å²) in [5.41, 5.74) is 1.03. The van der Waals surface area contributed by atoms with E-state index in [1.807, 2.05) is 13.8 Å². The van der Waals surface area contributed by atoms with Crippen molar-refractivity contribution in [3.63, 3.8) is 0 Å². The van der Waals surface area contributed by atoms with Crippen LogP contribution in [0.15, 0.2) is 10.6 Å². The molecule has 0 spiro atoms. The minimum Gasteiger partial charge on any atom is -0.354 e. The second kappa shape index (κ2) is 6.84. The maximum Gasteiger partial charge on any atom is 0.243 e. The van der Waals surface area contributed by atoms with Crippen LogP contribution in [-0.2, 0) is 0 Å². The molecule has 3 heterocycles. The highest BCUT2D eigenvalue weighted by atomic mass is 16.5. The summed E-state index contributed by atoms with van der Waals surface area (Å²) in [5.74, 6) is 3.68. The molecule has 0 aromatic carbocycles. The topological polar surface area (TPSA) is 71.2 Å². The molecule has 2 aromatic rings. The van der Waals surface area contributed by atoms with Gasteiger partial charge in [-0.25, -0.2) is 9.97 Å². The van der Waals surface area contributed by atoms with Gasteiger partial charge in [-0.2, -0.15) is 4.98 Å². The Morgan fingerprint density at radius 3 is 2.29 bits per heavy atom. The van der Waals surface area contributed by atoms with Crippen molar-refractivity contribution < 1.29 is 4.52 Å². The van der Waals surface area contributed by atoms with Crippen molar-refractivity contribution in [2.75, 3.05) is 31.1 Å². The lowest BCUT2D eigenvalue weighted by Gasteiger charge is -2.37. The molecule has 0 N–H and O–H groups in total. The molecule has 0 bridgehead atoms. The van der Waals surface area contributed by atoms with E-state index in [9.17, 15) is 0 Å². The first-order valence-electron chi connectivity index (χ1n) is 8.59. The average Bonchev–Trinajstić information content (AvgIpc) is 3.00. The van der Waals surface area contributed by atoms with E-state index in [0.29, 0.717) is 17.6 Å². The van der Waals surface area contributed by atoms with Gasteiger partial charge < -0.3 is 9.42 Å². The van der Waals surface area contributed by atoms with Gasteiger partial charge in [0.1, 0.15) is 11.6 Å². The Morgan fingerprint density at radius 2 is 1.71 bits per heavy atom. The third kappa shape index (κ3) is 3.56. The first-order valence-corrected chi connectivity index (χ1v) is 8.59. The molecule has 1 atom stereocenters. The van der Waals surface area contributed by atoms with Gasteiger partial charge in [0.2, 0.25) is 5.89 Å². The number of aromatic nitrogens is 4. The molecule has 1 fully saturated rings. The zero-order valence-corrected chi connectivity index (χ0v) is 15.2. The monoisotopic (exact) mass is 330 g/mol. The Labute approximate surface area is 143 Å². The fraction of sp³-hybridized carbons (Fsp3) is 0.647. The van der Waals surface area contributed by atoms with Crippen LogP contribution >= 0.6 is 0 Å². The first-order chi connectivity index (χ1) is 11.4. The predicted molar refractivity (Wildman–Crippen MR) is 92.1 cm³/mol. The van der Waals surface area contributed by atoms with Crippen LogP contribution in [-0.4, -0.2) is 51.2 Å². The number of hydrogen-bond acceptors (Lipinski definition) is 7. The third-order valence-corrected chi connectivity index (χ3v) is 4.46. The molecule has 0 radical (unpaired) electrons. The summed E-state index contributed by atoms with van der Waals surface area (Å²) in [7, 11) is 0. The van der Waals surface area contributed by atoms with Gasteiger partial charge in [-0.15, -0.1) is 0 Å². The normalized spacial score (nSPS) is 17.5. The van der Waals surface area contributed by atoms with E-state index in [1.165, 1.54) is 0 Å². The predicted octanol–water partition coefficient (Wildman–Crippen LogP) is 2.48. The Morgan fingerprint density at radius 1 is 1.00 bits per heavy atom. The van der Waals surface area contributed by atoms with E-state index in [-0.39, 0.29) is 6.04 Å². The van der Waals surface area contributed by atoms with Gasteiger partial charge in [-0.05, 0) is 20.8 Å². The van der Waals surface area contributed by atoms with E-state index < -0.39 is 0 Å². The first kappa shape index (κ1) is 16.8. The van der Waals surface area contributed by atoms with Crippen molar-refractivity contribution in [3.8, 4) is 0 Å². The number of rotatable bonds is 4. The molecule has 7 heteroatoms. The number of nitrogens with zero attached hydrogens (tertiary/aromatic N) is 6.